The molecule has 0 aliphatic heterocycles. The number of nitrogens with one attached hydrogen (secondary N) is 1. The van der Waals surface area contributed by atoms with E-state index in [0.717, 1.165) is 12.8 Å². The number of carboxylic acid groups (broad SMARTS) is 1. The van der Waals surface area contributed by atoms with E-state index in [-0.39, 0.29) is 23.6 Å². The summed E-state index contributed by atoms with van der Waals surface area (Å²) in [4.78, 5) is 26.6. The van der Waals surface area contributed by atoms with E-state index in [4.69, 9.17) is 10.8 Å². The van der Waals surface area contributed by atoms with Crippen LogP contribution >= 0.6 is 11.3 Å². The SMILES string of the molecule is CC(CCCN)C(=O)NC(C)c1nc(C(=O)O)cs1. The van der Waals surface area contributed by atoms with Crippen molar-refractivity contribution in [1.29, 1.82) is 0 Å². The molecule has 1 aromatic heterocycles. The molecule has 0 saturated heterocycles. The van der Waals surface area contributed by atoms with E-state index in [0.29, 0.717) is 11.6 Å². The monoisotopic (exact) mass is 285 g/mol. The summed E-state index contributed by atoms with van der Waals surface area (Å²) in [6.45, 7) is 4.21. The topological polar surface area (TPSA) is 105 Å². The van der Waals surface area contributed by atoms with Crippen molar-refractivity contribution >= 4 is 23.2 Å². The number of carbonyl (C=O) groups is 2. The first-order valence-electron chi connectivity index (χ1n) is 6.14. The second kappa shape index (κ2) is 7.20. The molecule has 7 heteroatoms. The lowest BCUT2D eigenvalue weighted by molar-refractivity contribution is -0.125. The van der Waals surface area contributed by atoms with Crippen molar-refractivity contribution in [2.45, 2.75) is 32.7 Å². The molecule has 106 valence electrons. The van der Waals surface area contributed by atoms with Gasteiger partial charge >= 0.3 is 5.97 Å². The molecule has 1 amide bonds. The molecule has 0 bridgehead atoms. The standard InChI is InChI=1S/C12H19N3O3S/c1-7(4-3-5-13)10(16)14-8(2)11-15-9(6-19-11)12(17)18/h6-8H,3-5,13H2,1-2H3,(H,14,16)(H,17,18). The van der Waals surface area contributed by atoms with E-state index in [2.05, 4.69) is 10.3 Å². The molecule has 1 rings (SSSR count). The van der Waals surface area contributed by atoms with Crippen LogP contribution in [-0.4, -0.2) is 28.5 Å². The first-order valence-corrected chi connectivity index (χ1v) is 7.02. The molecular formula is C12H19N3O3S. The maximum Gasteiger partial charge on any atom is 0.355 e. The Kier molecular flexibility index (Phi) is 5.91. The lowest BCUT2D eigenvalue weighted by Gasteiger charge is -2.15. The number of hydrogen-bond donors (Lipinski definition) is 3. The van der Waals surface area contributed by atoms with Gasteiger partial charge in [-0.05, 0) is 26.3 Å². The number of aromatic carboxylic acids is 1. The van der Waals surface area contributed by atoms with E-state index < -0.39 is 5.97 Å². The highest BCUT2D eigenvalue weighted by atomic mass is 32.1. The van der Waals surface area contributed by atoms with E-state index in [1.165, 1.54) is 16.7 Å². The lowest BCUT2D eigenvalue weighted by atomic mass is 10.0. The Balaban J connectivity index is 2.55. The Morgan fingerprint density at radius 1 is 1.53 bits per heavy atom. The normalized spacial score (nSPS) is 13.8. The molecule has 6 nitrogen and oxygen atoms in total. The molecule has 0 spiro atoms. The van der Waals surface area contributed by atoms with Gasteiger partial charge in [0.1, 0.15) is 5.01 Å². The van der Waals surface area contributed by atoms with Crippen LogP contribution in [0.2, 0.25) is 0 Å². The highest BCUT2D eigenvalue weighted by Crippen LogP contribution is 2.19. The highest BCUT2D eigenvalue weighted by molar-refractivity contribution is 7.09. The number of carbonyl (C=O) groups excluding carboxylic acids is 1. The summed E-state index contributed by atoms with van der Waals surface area (Å²) in [5, 5.41) is 13.7. The summed E-state index contributed by atoms with van der Waals surface area (Å²) in [5.74, 6) is -1.23. The molecule has 1 heterocycles. The predicted molar refractivity (Wildman–Crippen MR) is 73.1 cm³/mol. The van der Waals surface area contributed by atoms with Crippen molar-refractivity contribution in [3.63, 3.8) is 0 Å². The summed E-state index contributed by atoms with van der Waals surface area (Å²) < 4.78 is 0. The Morgan fingerprint density at radius 2 is 2.21 bits per heavy atom. The number of aromatic nitrogens is 1. The Labute approximate surface area is 116 Å². The lowest BCUT2D eigenvalue weighted by Crippen LogP contribution is -2.31. The number of nitrogens with two attached hydrogens (primary N) is 1. The molecule has 4 N–H and O–H groups in total. The number of nitrogens with zero attached hydrogens (tertiary/aromatic N) is 1. The maximum absolute atomic E-state index is 11.9. The summed E-state index contributed by atoms with van der Waals surface area (Å²) in [6, 6.07) is -0.286. The van der Waals surface area contributed by atoms with Crippen LogP contribution in [0.1, 0.15) is 48.2 Å². The number of carboxylic acids is 1. The molecule has 1 aromatic rings. The minimum Gasteiger partial charge on any atom is -0.476 e. The van der Waals surface area contributed by atoms with Gasteiger partial charge in [0, 0.05) is 11.3 Å². The zero-order valence-corrected chi connectivity index (χ0v) is 11.9. The van der Waals surface area contributed by atoms with Gasteiger partial charge in [0.25, 0.3) is 0 Å². The summed E-state index contributed by atoms with van der Waals surface area (Å²) in [6.07, 6.45) is 1.55. The van der Waals surface area contributed by atoms with Gasteiger partial charge in [0.2, 0.25) is 5.91 Å². The highest BCUT2D eigenvalue weighted by Gasteiger charge is 2.18. The van der Waals surface area contributed by atoms with Crippen molar-refractivity contribution in [3.05, 3.63) is 16.1 Å². The molecule has 2 unspecified atom stereocenters. The Bertz CT molecular complexity index is 447. The third kappa shape index (κ3) is 4.60. The third-order valence-corrected chi connectivity index (χ3v) is 3.79. The Morgan fingerprint density at radius 3 is 2.74 bits per heavy atom. The second-order valence-corrected chi connectivity index (χ2v) is 5.33. The minimum absolute atomic E-state index is 0.0114. The van der Waals surface area contributed by atoms with Gasteiger partial charge in [-0.2, -0.15) is 0 Å². The number of rotatable bonds is 7. The van der Waals surface area contributed by atoms with E-state index in [9.17, 15) is 9.59 Å². The fourth-order valence-electron chi connectivity index (χ4n) is 1.56. The van der Waals surface area contributed by atoms with Crippen LogP contribution in [0.3, 0.4) is 0 Å². The zero-order valence-electron chi connectivity index (χ0n) is 11.0. The second-order valence-electron chi connectivity index (χ2n) is 4.44. The summed E-state index contributed by atoms with van der Waals surface area (Å²) in [5.41, 5.74) is 5.42. The van der Waals surface area contributed by atoms with Crippen molar-refractivity contribution in [2.75, 3.05) is 6.54 Å². The van der Waals surface area contributed by atoms with Crippen molar-refractivity contribution in [3.8, 4) is 0 Å². The van der Waals surface area contributed by atoms with Crippen molar-refractivity contribution < 1.29 is 14.7 Å². The third-order valence-electron chi connectivity index (χ3n) is 2.76. The molecule has 0 aliphatic carbocycles. The van der Waals surface area contributed by atoms with Gasteiger partial charge in [-0.1, -0.05) is 6.92 Å². The number of thiazole rings is 1. The maximum atomic E-state index is 11.9. The zero-order chi connectivity index (χ0) is 14.4. The van der Waals surface area contributed by atoms with Crippen LogP contribution in [0.15, 0.2) is 5.38 Å². The van der Waals surface area contributed by atoms with Crippen LogP contribution in [0.5, 0.6) is 0 Å². The van der Waals surface area contributed by atoms with Gasteiger partial charge in [-0.25, -0.2) is 9.78 Å². The van der Waals surface area contributed by atoms with Crippen molar-refractivity contribution in [2.24, 2.45) is 11.7 Å². The summed E-state index contributed by atoms with van der Waals surface area (Å²) in [7, 11) is 0. The average molecular weight is 285 g/mol. The first-order chi connectivity index (χ1) is 8.95. The fourth-order valence-corrected chi connectivity index (χ4v) is 2.36. The molecule has 2 atom stereocenters. The molecule has 0 saturated carbocycles. The minimum atomic E-state index is -1.06. The van der Waals surface area contributed by atoms with E-state index in [1.807, 2.05) is 6.92 Å². The molecule has 0 fully saturated rings. The molecule has 0 radical (unpaired) electrons. The molecule has 0 aromatic carbocycles. The van der Waals surface area contributed by atoms with Gasteiger partial charge in [-0.3, -0.25) is 4.79 Å². The van der Waals surface area contributed by atoms with Gasteiger partial charge in [0.05, 0.1) is 6.04 Å². The van der Waals surface area contributed by atoms with E-state index >= 15 is 0 Å². The van der Waals surface area contributed by atoms with Gasteiger partial charge in [-0.15, -0.1) is 11.3 Å². The predicted octanol–water partition coefficient (Wildman–Crippen LogP) is 1.39. The Hall–Kier alpha value is -1.47. The number of hydrogen-bond acceptors (Lipinski definition) is 5. The smallest absolute Gasteiger partial charge is 0.355 e. The summed E-state index contributed by atoms with van der Waals surface area (Å²) >= 11 is 1.23. The largest absolute Gasteiger partial charge is 0.476 e. The number of amides is 1. The molecule has 19 heavy (non-hydrogen) atoms. The first kappa shape index (κ1) is 15.6. The van der Waals surface area contributed by atoms with Crippen LogP contribution < -0.4 is 11.1 Å². The van der Waals surface area contributed by atoms with Crippen LogP contribution in [0.25, 0.3) is 0 Å². The van der Waals surface area contributed by atoms with E-state index in [1.54, 1.807) is 6.92 Å². The molecular weight excluding hydrogens is 266 g/mol. The van der Waals surface area contributed by atoms with Crippen molar-refractivity contribution in [1.82, 2.24) is 10.3 Å². The van der Waals surface area contributed by atoms with Crippen LogP contribution in [-0.2, 0) is 4.79 Å². The fraction of sp³-hybridized carbons (Fsp3) is 0.583. The van der Waals surface area contributed by atoms with Gasteiger partial charge in [0.15, 0.2) is 5.69 Å². The quantitative estimate of drug-likeness (QED) is 0.702. The van der Waals surface area contributed by atoms with Crippen LogP contribution in [0, 0.1) is 5.92 Å². The molecule has 0 aliphatic rings. The average Bonchev–Trinajstić information content (AvgIpc) is 2.85. The van der Waals surface area contributed by atoms with Crippen LogP contribution in [0.4, 0.5) is 0 Å². The van der Waals surface area contributed by atoms with Gasteiger partial charge < -0.3 is 16.2 Å².